The first-order valence-corrected chi connectivity index (χ1v) is 9.56. The van der Waals surface area contributed by atoms with E-state index in [1.54, 1.807) is 18.4 Å². The molecule has 1 aromatic heterocycles. The number of hydrogen-bond donors (Lipinski definition) is 2. The summed E-state index contributed by atoms with van der Waals surface area (Å²) < 4.78 is 11.2. The Labute approximate surface area is 172 Å². The predicted octanol–water partition coefficient (Wildman–Crippen LogP) is 3.14. The van der Waals surface area contributed by atoms with Crippen LogP contribution in [-0.4, -0.2) is 50.0 Å². The van der Waals surface area contributed by atoms with Crippen LogP contribution in [0.3, 0.4) is 0 Å². The summed E-state index contributed by atoms with van der Waals surface area (Å²) in [6.07, 6.45) is 1.81. The number of aromatic nitrogens is 1. The molecule has 1 fully saturated rings. The van der Waals surface area contributed by atoms with Gasteiger partial charge in [0, 0.05) is 51.6 Å². The van der Waals surface area contributed by atoms with Gasteiger partial charge in [0.15, 0.2) is 5.96 Å². The lowest BCUT2D eigenvalue weighted by atomic mass is 9.94. The van der Waals surface area contributed by atoms with E-state index in [4.69, 9.17) is 9.47 Å². The van der Waals surface area contributed by atoms with Gasteiger partial charge in [-0.1, -0.05) is 13.8 Å². The highest BCUT2D eigenvalue weighted by molar-refractivity contribution is 14.0. The molecule has 0 radical (unpaired) electrons. The van der Waals surface area contributed by atoms with E-state index < -0.39 is 0 Å². The molecule has 2 rings (SSSR count). The van der Waals surface area contributed by atoms with Crippen LogP contribution in [0.25, 0.3) is 0 Å². The van der Waals surface area contributed by atoms with Crippen molar-refractivity contribution in [2.75, 3.05) is 33.4 Å². The summed E-state index contributed by atoms with van der Waals surface area (Å²) in [5.41, 5.74) is 0.976. The maximum atomic E-state index is 5.76. The van der Waals surface area contributed by atoms with Crippen molar-refractivity contribution in [3.05, 3.63) is 16.1 Å². The van der Waals surface area contributed by atoms with Crippen molar-refractivity contribution in [2.45, 2.75) is 51.7 Å². The highest BCUT2D eigenvalue weighted by Crippen LogP contribution is 2.23. The Bertz CT molecular complexity index is 530. The Kier molecular flexibility index (Phi) is 10.2. The minimum absolute atomic E-state index is 0. The molecule has 0 bridgehead atoms. The number of methoxy groups -OCH3 is 1. The van der Waals surface area contributed by atoms with Gasteiger partial charge in [-0.25, -0.2) is 9.98 Å². The molecule has 1 saturated heterocycles. The summed E-state index contributed by atoms with van der Waals surface area (Å²) in [4.78, 5) is 9.30. The number of guanidine groups is 1. The predicted molar refractivity (Wildman–Crippen MR) is 114 cm³/mol. The molecule has 2 heterocycles. The van der Waals surface area contributed by atoms with E-state index in [0.717, 1.165) is 55.8 Å². The molecule has 0 atom stereocenters. The first kappa shape index (κ1) is 22.6. The van der Waals surface area contributed by atoms with Gasteiger partial charge >= 0.3 is 0 Å². The Morgan fingerprint density at radius 2 is 2.12 bits per heavy atom. The van der Waals surface area contributed by atoms with Gasteiger partial charge in [-0.05, 0) is 12.8 Å². The molecule has 6 nitrogen and oxygen atoms in total. The van der Waals surface area contributed by atoms with Crippen LogP contribution in [0.4, 0.5) is 0 Å². The van der Waals surface area contributed by atoms with Gasteiger partial charge in [0.1, 0.15) is 5.01 Å². The number of aliphatic imine (C=N–C) groups is 1. The smallest absolute Gasteiger partial charge is 0.191 e. The Hall–Kier alpha value is -0.450. The molecule has 0 amide bonds. The van der Waals surface area contributed by atoms with E-state index in [1.165, 1.54) is 0 Å². The molecule has 2 N–H and O–H groups in total. The molecule has 1 aromatic rings. The second-order valence-corrected chi connectivity index (χ2v) is 7.31. The Morgan fingerprint density at radius 3 is 2.68 bits per heavy atom. The molecule has 0 aromatic carbocycles. The van der Waals surface area contributed by atoms with Gasteiger partial charge in [-0.3, -0.25) is 0 Å². The first-order chi connectivity index (χ1) is 11.6. The van der Waals surface area contributed by atoms with Gasteiger partial charge in [0.25, 0.3) is 0 Å². The number of halogens is 1. The summed E-state index contributed by atoms with van der Waals surface area (Å²) in [7, 11) is 1.78. The summed E-state index contributed by atoms with van der Waals surface area (Å²) in [6, 6.07) is 0. The molecular weight excluding hydrogens is 451 g/mol. The molecule has 0 saturated carbocycles. The number of nitrogens with one attached hydrogen (secondary N) is 2. The number of ether oxygens (including phenoxy) is 2. The standard InChI is InChI=1S/C17H30N4O2S.HI/c1-5-18-16(19-10-15-21-14(11-24-15)13(2)3)20-12-17(22-4)6-8-23-9-7-17;/h11,13H,5-10,12H2,1-4H3,(H2,18,19,20);1H. The van der Waals surface area contributed by atoms with Crippen LogP contribution in [0.5, 0.6) is 0 Å². The zero-order valence-corrected chi connectivity index (χ0v) is 18.8. The van der Waals surface area contributed by atoms with Crippen molar-refractivity contribution >= 4 is 41.3 Å². The molecule has 8 heteroatoms. The Balaban J connectivity index is 0.00000312. The molecular formula is C17H31IN4O2S. The van der Waals surface area contributed by atoms with Crippen molar-refractivity contribution in [2.24, 2.45) is 4.99 Å². The van der Waals surface area contributed by atoms with Crippen LogP contribution in [0.1, 0.15) is 50.2 Å². The fourth-order valence-corrected chi connectivity index (χ4v) is 3.47. The molecule has 144 valence electrons. The fraction of sp³-hybridized carbons (Fsp3) is 0.765. The quantitative estimate of drug-likeness (QED) is 0.355. The van der Waals surface area contributed by atoms with E-state index >= 15 is 0 Å². The molecule has 1 aliphatic heterocycles. The number of rotatable bonds is 7. The van der Waals surface area contributed by atoms with Gasteiger partial charge in [0.2, 0.25) is 0 Å². The maximum absolute atomic E-state index is 5.76. The monoisotopic (exact) mass is 482 g/mol. The molecule has 0 spiro atoms. The average molecular weight is 482 g/mol. The summed E-state index contributed by atoms with van der Waals surface area (Å²) in [5, 5.41) is 9.88. The van der Waals surface area contributed by atoms with Crippen LogP contribution >= 0.6 is 35.3 Å². The summed E-state index contributed by atoms with van der Waals surface area (Å²) in [5.74, 6) is 1.27. The number of thiazole rings is 1. The third-order valence-electron chi connectivity index (χ3n) is 4.29. The van der Waals surface area contributed by atoms with Crippen molar-refractivity contribution in [3.63, 3.8) is 0 Å². The normalized spacial score (nSPS) is 17.2. The van der Waals surface area contributed by atoms with Crippen molar-refractivity contribution in [1.29, 1.82) is 0 Å². The van der Waals surface area contributed by atoms with Gasteiger partial charge < -0.3 is 20.1 Å². The van der Waals surface area contributed by atoms with Gasteiger partial charge in [-0.2, -0.15) is 0 Å². The molecule has 0 unspecified atom stereocenters. The second kappa shape index (κ2) is 11.3. The lowest BCUT2D eigenvalue weighted by Crippen LogP contribution is -2.50. The topological polar surface area (TPSA) is 67.8 Å². The summed E-state index contributed by atoms with van der Waals surface area (Å²) >= 11 is 1.67. The highest BCUT2D eigenvalue weighted by atomic mass is 127. The van der Waals surface area contributed by atoms with Crippen LogP contribution in [0, 0.1) is 0 Å². The fourth-order valence-electron chi connectivity index (χ4n) is 2.59. The first-order valence-electron chi connectivity index (χ1n) is 8.68. The van der Waals surface area contributed by atoms with E-state index in [1.807, 2.05) is 0 Å². The van der Waals surface area contributed by atoms with E-state index in [2.05, 4.69) is 46.8 Å². The van der Waals surface area contributed by atoms with Crippen LogP contribution < -0.4 is 10.6 Å². The van der Waals surface area contributed by atoms with Crippen LogP contribution in [0.15, 0.2) is 10.4 Å². The van der Waals surface area contributed by atoms with E-state index in [-0.39, 0.29) is 29.6 Å². The third-order valence-corrected chi connectivity index (χ3v) is 5.14. The van der Waals surface area contributed by atoms with Gasteiger partial charge in [0.05, 0.1) is 17.8 Å². The van der Waals surface area contributed by atoms with E-state index in [9.17, 15) is 0 Å². The van der Waals surface area contributed by atoms with Crippen molar-refractivity contribution in [3.8, 4) is 0 Å². The number of hydrogen-bond acceptors (Lipinski definition) is 5. The third kappa shape index (κ3) is 6.99. The van der Waals surface area contributed by atoms with Crippen molar-refractivity contribution < 1.29 is 9.47 Å². The molecule has 0 aliphatic carbocycles. The lowest BCUT2D eigenvalue weighted by Gasteiger charge is -2.36. The SMILES string of the molecule is CCNC(=NCc1nc(C(C)C)cs1)NCC1(OC)CCOCC1.I. The highest BCUT2D eigenvalue weighted by Gasteiger charge is 2.32. The maximum Gasteiger partial charge on any atom is 0.191 e. The minimum atomic E-state index is -0.166. The summed E-state index contributed by atoms with van der Waals surface area (Å²) in [6.45, 7) is 10.0. The van der Waals surface area contributed by atoms with Crippen molar-refractivity contribution in [1.82, 2.24) is 15.6 Å². The largest absolute Gasteiger partial charge is 0.381 e. The second-order valence-electron chi connectivity index (χ2n) is 6.37. The minimum Gasteiger partial charge on any atom is -0.381 e. The zero-order valence-electron chi connectivity index (χ0n) is 15.6. The lowest BCUT2D eigenvalue weighted by molar-refractivity contribution is -0.0855. The van der Waals surface area contributed by atoms with E-state index in [0.29, 0.717) is 12.5 Å². The Morgan fingerprint density at radius 1 is 1.40 bits per heavy atom. The number of nitrogens with zero attached hydrogens (tertiary/aromatic N) is 2. The van der Waals surface area contributed by atoms with Crippen LogP contribution in [-0.2, 0) is 16.0 Å². The van der Waals surface area contributed by atoms with Gasteiger partial charge in [-0.15, -0.1) is 35.3 Å². The molecule has 25 heavy (non-hydrogen) atoms. The molecule has 1 aliphatic rings. The van der Waals surface area contributed by atoms with Crippen LogP contribution in [0.2, 0.25) is 0 Å². The zero-order chi connectivity index (χ0) is 17.4. The average Bonchev–Trinajstić information content (AvgIpc) is 3.07.